The summed E-state index contributed by atoms with van der Waals surface area (Å²) >= 11 is 0. The second-order valence-electron chi connectivity index (χ2n) is 6.17. The molecule has 1 saturated carbocycles. The van der Waals surface area contributed by atoms with Crippen molar-refractivity contribution in [2.45, 2.75) is 39.5 Å². The molecule has 3 nitrogen and oxygen atoms in total. The van der Waals surface area contributed by atoms with Crippen LogP contribution in [0.15, 0.2) is 12.1 Å². The molecule has 1 fully saturated rings. The van der Waals surface area contributed by atoms with E-state index in [0.717, 1.165) is 18.9 Å². The summed E-state index contributed by atoms with van der Waals surface area (Å²) in [7, 11) is 0. The van der Waals surface area contributed by atoms with E-state index in [1.54, 1.807) is 0 Å². The smallest absolute Gasteiger partial charge is 0.232 e. The highest BCUT2D eigenvalue weighted by atomic mass is 19.1. The SMILES string of the molecule is Cc1ccc(F)c(NC(=O)C2(CN)CCC(C)CC2)c1F. The fourth-order valence-corrected chi connectivity index (χ4v) is 2.86. The van der Waals surface area contributed by atoms with Crippen LogP contribution in [0.3, 0.4) is 0 Å². The zero-order valence-corrected chi connectivity index (χ0v) is 12.5. The number of rotatable bonds is 3. The summed E-state index contributed by atoms with van der Waals surface area (Å²) in [6.07, 6.45) is 3.13. The van der Waals surface area contributed by atoms with Crippen LogP contribution in [0, 0.1) is 29.9 Å². The van der Waals surface area contributed by atoms with Crippen LogP contribution in [0.25, 0.3) is 0 Å². The Morgan fingerprint density at radius 2 is 2.00 bits per heavy atom. The van der Waals surface area contributed by atoms with E-state index in [-0.39, 0.29) is 18.1 Å². The molecule has 1 aliphatic rings. The fourth-order valence-electron chi connectivity index (χ4n) is 2.86. The minimum absolute atomic E-state index is 0.195. The number of nitrogens with one attached hydrogen (secondary N) is 1. The molecule has 1 aromatic rings. The van der Waals surface area contributed by atoms with E-state index in [0.29, 0.717) is 24.3 Å². The summed E-state index contributed by atoms with van der Waals surface area (Å²) in [6, 6.07) is 2.51. The van der Waals surface area contributed by atoms with E-state index in [4.69, 9.17) is 5.73 Å². The van der Waals surface area contributed by atoms with Gasteiger partial charge in [0.05, 0.1) is 5.41 Å². The Kier molecular flexibility index (Phi) is 4.61. The van der Waals surface area contributed by atoms with Gasteiger partial charge in [-0.05, 0) is 50.2 Å². The number of hydrogen-bond acceptors (Lipinski definition) is 2. The first-order chi connectivity index (χ1) is 9.89. The molecule has 0 aromatic heterocycles. The van der Waals surface area contributed by atoms with Crippen molar-refractivity contribution >= 4 is 11.6 Å². The summed E-state index contributed by atoms with van der Waals surface area (Å²) in [4.78, 5) is 12.5. The number of halogens is 2. The van der Waals surface area contributed by atoms with Crippen LogP contribution in [-0.2, 0) is 4.79 Å². The summed E-state index contributed by atoms with van der Waals surface area (Å²) in [5, 5.41) is 2.43. The first-order valence-corrected chi connectivity index (χ1v) is 7.36. The van der Waals surface area contributed by atoms with Crippen molar-refractivity contribution in [1.82, 2.24) is 0 Å². The van der Waals surface area contributed by atoms with Gasteiger partial charge in [-0.3, -0.25) is 4.79 Å². The monoisotopic (exact) mass is 296 g/mol. The van der Waals surface area contributed by atoms with Gasteiger partial charge >= 0.3 is 0 Å². The van der Waals surface area contributed by atoms with Gasteiger partial charge in [-0.2, -0.15) is 0 Å². The molecule has 3 N–H and O–H groups in total. The predicted molar refractivity (Wildman–Crippen MR) is 78.8 cm³/mol. The van der Waals surface area contributed by atoms with Gasteiger partial charge in [0, 0.05) is 6.54 Å². The zero-order valence-electron chi connectivity index (χ0n) is 12.5. The lowest BCUT2D eigenvalue weighted by Gasteiger charge is -2.37. The van der Waals surface area contributed by atoms with Gasteiger partial charge in [-0.15, -0.1) is 0 Å². The molecular weight excluding hydrogens is 274 g/mol. The van der Waals surface area contributed by atoms with Crippen molar-refractivity contribution in [1.29, 1.82) is 0 Å². The van der Waals surface area contributed by atoms with Crippen LogP contribution in [0.4, 0.5) is 14.5 Å². The Labute approximate surface area is 123 Å². The van der Waals surface area contributed by atoms with Crippen molar-refractivity contribution in [3.63, 3.8) is 0 Å². The van der Waals surface area contributed by atoms with E-state index in [9.17, 15) is 13.6 Å². The number of carbonyl (C=O) groups is 1. The van der Waals surface area contributed by atoms with Crippen molar-refractivity contribution in [3.05, 3.63) is 29.3 Å². The molecule has 1 aliphatic carbocycles. The van der Waals surface area contributed by atoms with E-state index in [1.165, 1.54) is 13.0 Å². The quantitative estimate of drug-likeness (QED) is 0.898. The molecule has 0 radical (unpaired) electrons. The Morgan fingerprint density at radius 1 is 1.38 bits per heavy atom. The summed E-state index contributed by atoms with van der Waals surface area (Å²) in [5.41, 5.74) is 5.01. The lowest BCUT2D eigenvalue weighted by Crippen LogP contribution is -2.45. The third-order valence-electron chi connectivity index (χ3n) is 4.63. The second-order valence-corrected chi connectivity index (χ2v) is 6.17. The van der Waals surface area contributed by atoms with Crippen LogP contribution in [-0.4, -0.2) is 12.5 Å². The average molecular weight is 296 g/mol. The fraction of sp³-hybridized carbons (Fsp3) is 0.562. The number of benzene rings is 1. The Bertz CT molecular complexity index is 537. The van der Waals surface area contributed by atoms with E-state index >= 15 is 0 Å². The van der Waals surface area contributed by atoms with Crippen molar-refractivity contribution in [3.8, 4) is 0 Å². The van der Waals surface area contributed by atoms with Crippen LogP contribution in [0.5, 0.6) is 0 Å². The minimum Gasteiger partial charge on any atom is -0.329 e. The normalized spacial score (nSPS) is 25.7. The molecule has 116 valence electrons. The molecule has 1 aromatic carbocycles. The van der Waals surface area contributed by atoms with Crippen LogP contribution < -0.4 is 11.1 Å². The highest BCUT2D eigenvalue weighted by molar-refractivity contribution is 5.96. The molecule has 0 spiro atoms. The van der Waals surface area contributed by atoms with Crippen molar-refractivity contribution in [2.24, 2.45) is 17.1 Å². The Morgan fingerprint density at radius 3 is 2.57 bits per heavy atom. The Hall–Kier alpha value is -1.49. The molecule has 2 rings (SSSR count). The molecule has 5 heteroatoms. The number of carbonyl (C=O) groups excluding carboxylic acids is 1. The van der Waals surface area contributed by atoms with Crippen LogP contribution >= 0.6 is 0 Å². The maximum absolute atomic E-state index is 14.0. The number of amides is 1. The van der Waals surface area contributed by atoms with Gasteiger partial charge in [-0.1, -0.05) is 13.0 Å². The lowest BCUT2D eigenvalue weighted by molar-refractivity contribution is -0.127. The van der Waals surface area contributed by atoms with Gasteiger partial charge < -0.3 is 11.1 Å². The highest BCUT2D eigenvalue weighted by Crippen LogP contribution is 2.39. The standard InChI is InChI=1S/C16H22F2N2O/c1-10-5-7-16(9-19,8-6-10)15(21)20-14-12(17)4-3-11(2)13(14)18/h3-4,10H,5-9,19H2,1-2H3,(H,20,21). The van der Waals surface area contributed by atoms with Gasteiger partial charge in [0.25, 0.3) is 0 Å². The number of aryl methyl sites for hydroxylation is 1. The summed E-state index contributed by atoms with van der Waals surface area (Å²) in [5.74, 6) is -1.30. The first kappa shape index (κ1) is 15.9. The van der Waals surface area contributed by atoms with Crippen LogP contribution in [0.1, 0.15) is 38.2 Å². The maximum atomic E-state index is 14.0. The van der Waals surface area contributed by atoms with Crippen molar-refractivity contribution < 1.29 is 13.6 Å². The van der Waals surface area contributed by atoms with Crippen molar-refractivity contribution in [2.75, 3.05) is 11.9 Å². The molecule has 0 bridgehead atoms. The molecule has 0 atom stereocenters. The molecule has 1 amide bonds. The van der Waals surface area contributed by atoms with E-state index in [1.807, 2.05) is 0 Å². The van der Waals surface area contributed by atoms with Gasteiger partial charge in [0.15, 0.2) is 5.82 Å². The third-order valence-corrected chi connectivity index (χ3v) is 4.63. The number of anilines is 1. The van der Waals surface area contributed by atoms with Gasteiger partial charge in [-0.25, -0.2) is 8.78 Å². The summed E-state index contributed by atoms with van der Waals surface area (Å²) < 4.78 is 27.8. The highest BCUT2D eigenvalue weighted by Gasteiger charge is 2.40. The van der Waals surface area contributed by atoms with Gasteiger partial charge in [0.1, 0.15) is 11.5 Å². The van der Waals surface area contributed by atoms with E-state index in [2.05, 4.69) is 12.2 Å². The molecule has 0 aliphatic heterocycles. The largest absolute Gasteiger partial charge is 0.329 e. The summed E-state index contributed by atoms with van der Waals surface area (Å²) in [6.45, 7) is 3.87. The zero-order chi connectivity index (χ0) is 15.6. The molecular formula is C16H22F2N2O. The molecule has 0 saturated heterocycles. The topological polar surface area (TPSA) is 55.1 Å². The molecule has 0 heterocycles. The predicted octanol–water partition coefficient (Wildman–Crippen LogP) is 3.37. The maximum Gasteiger partial charge on any atom is 0.232 e. The average Bonchev–Trinajstić information content (AvgIpc) is 2.48. The first-order valence-electron chi connectivity index (χ1n) is 7.36. The number of hydrogen-bond donors (Lipinski definition) is 2. The lowest BCUT2D eigenvalue weighted by atomic mass is 9.70. The third kappa shape index (κ3) is 3.07. The minimum atomic E-state index is -0.761. The second kappa shape index (κ2) is 6.10. The van der Waals surface area contributed by atoms with Gasteiger partial charge in [0.2, 0.25) is 5.91 Å². The van der Waals surface area contributed by atoms with E-state index < -0.39 is 17.0 Å². The van der Waals surface area contributed by atoms with Crippen LogP contribution in [0.2, 0.25) is 0 Å². The Balaban J connectivity index is 2.23. The number of nitrogens with two attached hydrogens (primary N) is 1. The molecule has 21 heavy (non-hydrogen) atoms. The molecule has 0 unspecified atom stereocenters.